The van der Waals surface area contributed by atoms with Gasteiger partial charge in [0, 0.05) is 18.8 Å². The van der Waals surface area contributed by atoms with Crippen molar-refractivity contribution in [1.82, 2.24) is 4.90 Å². The molecule has 1 atom stereocenters. The number of likely N-dealkylation sites (N-methyl/N-ethyl adjacent to an activating group) is 1. The first-order valence-electron chi connectivity index (χ1n) is 6.83. The predicted molar refractivity (Wildman–Crippen MR) is 78.4 cm³/mol. The van der Waals surface area contributed by atoms with E-state index in [2.05, 4.69) is 30.9 Å². The second-order valence-corrected chi connectivity index (χ2v) is 5.35. The van der Waals surface area contributed by atoms with Crippen LogP contribution in [0.1, 0.15) is 17.5 Å². The van der Waals surface area contributed by atoms with Crippen molar-refractivity contribution in [2.45, 2.75) is 26.3 Å². The number of hydrogen-bond donors (Lipinski definition) is 1. The number of aryl methyl sites for hydroxylation is 2. The Bertz CT molecular complexity index is 472. The quantitative estimate of drug-likeness (QED) is 0.892. The summed E-state index contributed by atoms with van der Waals surface area (Å²) in [7, 11) is 2.00. The minimum absolute atomic E-state index is 0.0838. The minimum Gasteiger partial charge on any atom is -0.330 e. The maximum Gasteiger partial charge on any atom is 0.244 e. The maximum absolute atomic E-state index is 12.6. The van der Waals surface area contributed by atoms with E-state index in [-0.39, 0.29) is 11.9 Å². The molecular formula is C15H23N3O. The van der Waals surface area contributed by atoms with Crippen LogP contribution in [0.4, 0.5) is 5.69 Å². The van der Waals surface area contributed by atoms with Gasteiger partial charge in [0.05, 0.1) is 6.04 Å². The van der Waals surface area contributed by atoms with Crippen molar-refractivity contribution in [3.63, 3.8) is 0 Å². The lowest BCUT2D eigenvalue weighted by Crippen LogP contribution is -2.56. The third-order valence-electron chi connectivity index (χ3n) is 3.84. The van der Waals surface area contributed by atoms with E-state index < -0.39 is 0 Å². The van der Waals surface area contributed by atoms with E-state index in [9.17, 15) is 4.79 Å². The van der Waals surface area contributed by atoms with Crippen LogP contribution in [0.3, 0.4) is 0 Å². The molecule has 1 aromatic rings. The standard InChI is InChI=1S/C15H23N3O/c1-11-4-5-13(12(2)10-11)18-9-8-17(3)14(6-7-16)15(18)19/h4-5,10,14H,6-9,16H2,1-3H3. The molecule has 0 saturated carbocycles. The monoisotopic (exact) mass is 261 g/mol. The molecule has 1 unspecified atom stereocenters. The van der Waals surface area contributed by atoms with Gasteiger partial charge in [0.2, 0.25) is 5.91 Å². The third-order valence-corrected chi connectivity index (χ3v) is 3.84. The van der Waals surface area contributed by atoms with Crippen LogP contribution >= 0.6 is 0 Å². The van der Waals surface area contributed by atoms with Gasteiger partial charge in [0.25, 0.3) is 0 Å². The van der Waals surface area contributed by atoms with Crippen molar-refractivity contribution in [3.05, 3.63) is 29.3 Å². The first kappa shape index (κ1) is 14.0. The maximum atomic E-state index is 12.6. The van der Waals surface area contributed by atoms with Gasteiger partial charge in [-0.3, -0.25) is 9.69 Å². The van der Waals surface area contributed by atoms with Crippen molar-refractivity contribution in [1.29, 1.82) is 0 Å². The van der Waals surface area contributed by atoms with Crippen LogP contribution in [0.5, 0.6) is 0 Å². The van der Waals surface area contributed by atoms with Crippen LogP contribution in [0.15, 0.2) is 18.2 Å². The SMILES string of the molecule is Cc1ccc(N2CCN(C)C(CCN)C2=O)c(C)c1. The summed E-state index contributed by atoms with van der Waals surface area (Å²) in [5, 5.41) is 0. The number of anilines is 1. The van der Waals surface area contributed by atoms with E-state index in [4.69, 9.17) is 5.73 Å². The van der Waals surface area contributed by atoms with E-state index in [1.165, 1.54) is 5.56 Å². The van der Waals surface area contributed by atoms with E-state index in [0.717, 1.165) is 30.8 Å². The smallest absolute Gasteiger partial charge is 0.244 e. The number of benzene rings is 1. The number of nitrogens with two attached hydrogens (primary N) is 1. The molecule has 0 aromatic heterocycles. The molecule has 1 aliphatic rings. The Balaban J connectivity index is 2.27. The molecule has 0 bridgehead atoms. The number of piperazine rings is 1. The topological polar surface area (TPSA) is 49.6 Å². The number of amides is 1. The van der Waals surface area contributed by atoms with Gasteiger partial charge in [-0.05, 0) is 45.5 Å². The molecule has 1 amide bonds. The molecule has 1 saturated heterocycles. The second kappa shape index (κ2) is 5.72. The van der Waals surface area contributed by atoms with Crippen molar-refractivity contribution >= 4 is 11.6 Å². The number of hydrogen-bond acceptors (Lipinski definition) is 3. The highest BCUT2D eigenvalue weighted by Gasteiger charge is 2.33. The molecule has 19 heavy (non-hydrogen) atoms. The summed E-state index contributed by atoms with van der Waals surface area (Å²) in [5.41, 5.74) is 9.03. The Morgan fingerprint density at radius 1 is 1.32 bits per heavy atom. The molecule has 2 N–H and O–H groups in total. The van der Waals surface area contributed by atoms with Crippen molar-refractivity contribution < 1.29 is 4.79 Å². The van der Waals surface area contributed by atoms with E-state index in [0.29, 0.717) is 6.54 Å². The fourth-order valence-electron chi connectivity index (χ4n) is 2.74. The number of rotatable bonds is 3. The van der Waals surface area contributed by atoms with Gasteiger partial charge in [-0.2, -0.15) is 0 Å². The molecule has 1 fully saturated rings. The van der Waals surface area contributed by atoms with E-state index >= 15 is 0 Å². The summed E-state index contributed by atoms with van der Waals surface area (Å²) >= 11 is 0. The predicted octanol–water partition coefficient (Wildman–Crippen LogP) is 1.30. The molecule has 2 rings (SSSR count). The number of carbonyl (C=O) groups is 1. The zero-order chi connectivity index (χ0) is 14.0. The average molecular weight is 261 g/mol. The van der Waals surface area contributed by atoms with Crippen molar-refractivity contribution in [2.24, 2.45) is 5.73 Å². The lowest BCUT2D eigenvalue weighted by Gasteiger charge is -2.39. The molecule has 104 valence electrons. The number of carbonyl (C=O) groups excluding carboxylic acids is 1. The van der Waals surface area contributed by atoms with Crippen LogP contribution in [0.25, 0.3) is 0 Å². The minimum atomic E-state index is -0.0838. The molecule has 1 heterocycles. The van der Waals surface area contributed by atoms with E-state index in [1.807, 2.05) is 18.0 Å². The molecular weight excluding hydrogens is 238 g/mol. The van der Waals surface area contributed by atoms with E-state index in [1.54, 1.807) is 0 Å². The van der Waals surface area contributed by atoms with Crippen LogP contribution in [0.2, 0.25) is 0 Å². The van der Waals surface area contributed by atoms with Crippen LogP contribution in [-0.2, 0) is 4.79 Å². The fraction of sp³-hybridized carbons (Fsp3) is 0.533. The van der Waals surface area contributed by atoms with Gasteiger partial charge in [0.15, 0.2) is 0 Å². The first-order chi connectivity index (χ1) is 9.04. The molecule has 4 heteroatoms. The van der Waals surface area contributed by atoms with Gasteiger partial charge >= 0.3 is 0 Å². The summed E-state index contributed by atoms with van der Waals surface area (Å²) < 4.78 is 0. The lowest BCUT2D eigenvalue weighted by atomic mass is 10.0. The normalized spacial score (nSPS) is 20.9. The zero-order valence-electron chi connectivity index (χ0n) is 12.0. The summed E-state index contributed by atoms with van der Waals surface area (Å²) in [5.74, 6) is 0.172. The van der Waals surface area contributed by atoms with Crippen LogP contribution in [0, 0.1) is 13.8 Å². The zero-order valence-corrected chi connectivity index (χ0v) is 12.0. The summed E-state index contributed by atoms with van der Waals surface area (Å²) in [4.78, 5) is 16.6. The fourth-order valence-corrected chi connectivity index (χ4v) is 2.74. The average Bonchev–Trinajstić information content (AvgIpc) is 2.36. The highest BCUT2D eigenvalue weighted by atomic mass is 16.2. The largest absolute Gasteiger partial charge is 0.330 e. The summed E-state index contributed by atoms with van der Waals surface area (Å²) in [6, 6.07) is 6.15. The van der Waals surface area contributed by atoms with Gasteiger partial charge in [-0.1, -0.05) is 17.7 Å². The molecule has 1 aromatic carbocycles. The Labute approximate surface area is 115 Å². The second-order valence-electron chi connectivity index (χ2n) is 5.35. The lowest BCUT2D eigenvalue weighted by molar-refractivity contribution is -0.125. The summed E-state index contributed by atoms with van der Waals surface area (Å²) in [6.45, 7) is 6.32. The molecule has 1 aliphatic heterocycles. The van der Waals surface area contributed by atoms with Gasteiger partial charge in [-0.15, -0.1) is 0 Å². The number of nitrogens with zero attached hydrogens (tertiary/aromatic N) is 2. The molecule has 4 nitrogen and oxygen atoms in total. The highest BCUT2D eigenvalue weighted by Crippen LogP contribution is 2.25. The van der Waals surface area contributed by atoms with Crippen LogP contribution in [-0.4, -0.2) is 43.5 Å². The van der Waals surface area contributed by atoms with Crippen LogP contribution < -0.4 is 10.6 Å². The first-order valence-corrected chi connectivity index (χ1v) is 6.83. The Kier molecular flexibility index (Phi) is 4.22. The molecule has 0 radical (unpaired) electrons. The van der Waals surface area contributed by atoms with Gasteiger partial charge in [-0.25, -0.2) is 0 Å². The van der Waals surface area contributed by atoms with Crippen molar-refractivity contribution in [3.8, 4) is 0 Å². The Hall–Kier alpha value is -1.39. The van der Waals surface area contributed by atoms with Crippen molar-refractivity contribution in [2.75, 3.05) is 31.6 Å². The molecule has 0 spiro atoms. The Morgan fingerprint density at radius 2 is 2.05 bits per heavy atom. The molecule has 0 aliphatic carbocycles. The third kappa shape index (κ3) is 2.80. The van der Waals surface area contributed by atoms with Gasteiger partial charge < -0.3 is 10.6 Å². The Morgan fingerprint density at radius 3 is 2.68 bits per heavy atom. The van der Waals surface area contributed by atoms with Gasteiger partial charge in [0.1, 0.15) is 0 Å². The summed E-state index contributed by atoms with van der Waals surface area (Å²) in [6.07, 6.45) is 0.719. The highest BCUT2D eigenvalue weighted by molar-refractivity contribution is 5.98.